The van der Waals surface area contributed by atoms with Gasteiger partial charge in [-0.15, -0.1) is 0 Å². The van der Waals surface area contributed by atoms with Gasteiger partial charge in [-0.05, 0) is 19.1 Å². The zero-order chi connectivity index (χ0) is 11.5. The molecule has 2 heterocycles. The number of nitrogens with zero attached hydrogens (tertiary/aromatic N) is 2. The van der Waals surface area contributed by atoms with Gasteiger partial charge in [-0.1, -0.05) is 11.8 Å². The largest absolute Gasteiger partial charge is 0.304 e. The van der Waals surface area contributed by atoms with Crippen LogP contribution in [0.1, 0.15) is 17.3 Å². The first-order valence-electron chi connectivity index (χ1n) is 4.67. The molecular weight excluding hydrogens is 226 g/mol. The number of pyridine rings is 1. The van der Waals surface area contributed by atoms with Crippen LogP contribution < -0.4 is 5.32 Å². The molecule has 1 fully saturated rings. The second kappa shape index (κ2) is 4.44. The number of amidine groups is 1. The van der Waals surface area contributed by atoms with Gasteiger partial charge in [0.15, 0.2) is 5.17 Å². The highest BCUT2D eigenvalue weighted by molar-refractivity contribution is 8.15. The molecule has 0 saturated carbocycles. The van der Waals surface area contributed by atoms with Crippen molar-refractivity contribution in [1.29, 1.82) is 0 Å². The van der Waals surface area contributed by atoms with Crippen LogP contribution in [0.25, 0.3) is 0 Å². The number of hydrogen-bond acceptors (Lipinski definition) is 4. The Balaban J connectivity index is 2.14. The molecule has 0 aliphatic carbocycles. The molecule has 2 rings (SSSR count). The second-order valence-electron chi connectivity index (χ2n) is 3.21. The van der Waals surface area contributed by atoms with E-state index in [1.54, 1.807) is 19.1 Å². The van der Waals surface area contributed by atoms with Crippen LogP contribution in [0.5, 0.6) is 0 Å². The molecule has 0 aromatic carbocycles. The fraction of sp³-hybridized carbons (Fsp3) is 0.200. The van der Waals surface area contributed by atoms with Gasteiger partial charge in [-0.3, -0.25) is 14.6 Å². The summed E-state index contributed by atoms with van der Waals surface area (Å²) in [5.41, 5.74) is 0.455. The van der Waals surface area contributed by atoms with Crippen LogP contribution in [-0.4, -0.2) is 27.2 Å². The maximum Gasteiger partial charge on any atom is 0.279 e. The van der Waals surface area contributed by atoms with Crippen LogP contribution >= 0.6 is 11.8 Å². The van der Waals surface area contributed by atoms with E-state index in [4.69, 9.17) is 0 Å². The maximum atomic E-state index is 11.6. The second-order valence-corrected chi connectivity index (χ2v) is 4.54. The van der Waals surface area contributed by atoms with Crippen molar-refractivity contribution < 1.29 is 9.59 Å². The summed E-state index contributed by atoms with van der Waals surface area (Å²) in [5, 5.41) is 2.71. The monoisotopic (exact) mass is 235 g/mol. The van der Waals surface area contributed by atoms with Crippen molar-refractivity contribution in [2.24, 2.45) is 4.99 Å². The molecule has 0 unspecified atom stereocenters. The van der Waals surface area contributed by atoms with Gasteiger partial charge in [0.2, 0.25) is 5.91 Å². The highest BCUT2D eigenvalue weighted by atomic mass is 32.2. The molecule has 16 heavy (non-hydrogen) atoms. The average Bonchev–Trinajstić information content (AvgIpc) is 2.59. The number of amides is 2. The molecule has 6 heteroatoms. The van der Waals surface area contributed by atoms with E-state index in [0.29, 0.717) is 10.7 Å². The van der Waals surface area contributed by atoms with E-state index in [2.05, 4.69) is 15.3 Å². The lowest BCUT2D eigenvalue weighted by Gasteiger charge is -1.95. The topological polar surface area (TPSA) is 71.4 Å². The van der Waals surface area contributed by atoms with Gasteiger partial charge in [0.1, 0.15) is 0 Å². The third-order valence-corrected chi connectivity index (χ3v) is 3.00. The third-order valence-electron chi connectivity index (χ3n) is 2.02. The van der Waals surface area contributed by atoms with Crippen molar-refractivity contribution >= 4 is 28.7 Å². The molecule has 0 spiro atoms. The van der Waals surface area contributed by atoms with Gasteiger partial charge in [0.25, 0.3) is 5.91 Å². The molecule has 1 saturated heterocycles. The predicted molar refractivity (Wildman–Crippen MR) is 61.2 cm³/mol. The van der Waals surface area contributed by atoms with E-state index in [9.17, 15) is 9.59 Å². The van der Waals surface area contributed by atoms with Crippen molar-refractivity contribution in [2.45, 2.75) is 12.2 Å². The van der Waals surface area contributed by atoms with Gasteiger partial charge < -0.3 is 5.32 Å². The van der Waals surface area contributed by atoms with Gasteiger partial charge in [0.05, 0.1) is 5.25 Å². The standard InChI is InChI=1S/C10H9N3O2S/c1-6-8(14)12-10(16-6)13-9(15)7-2-4-11-5-3-7/h2-6H,1H3,(H,12,13,14,15)/t6-/m1/s1. The van der Waals surface area contributed by atoms with E-state index in [-0.39, 0.29) is 17.1 Å². The lowest BCUT2D eigenvalue weighted by Crippen LogP contribution is -2.23. The van der Waals surface area contributed by atoms with Crippen molar-refractivity contribution in [1.82, 2.24) is 10.3 Å². The summed E-state index contributed by atoms with van der Waals surface area (Å²) in [7, 11) is 0. The van der Waals surface area contributed by atoms with Crippen LogP contribution in [0, 0.1) is 0 Å². The first-order valence-corrected chi connectivity index (χ1v) is 5.55. The summed E-state index contributed by atoms with van der Waals surface area (Å²) in [5.74, 6) is -0.495. The maximum absolute atomic E-state index is 11.6. The van der Waals surface area contributed by atoms with Crippen molar-refractivity contribution in [3.8, 4) is 0 Å². The molecule has 82 valence electrons. The van der Waals surface area contributed by atoms with Crippen LogP contribution in [0.3, 0.4) is 0 Å². The highest BCUT2D eigenvalue weighted by Gasteiger charge is 2.26. The minimum absolute atomic E-state index is 0.119. The average molecular weight is 235 g/mol. The quantitative estimate of drug-likeness (QED) is 0.782. The first-order chi connectivity index (χ1) is 7.66. The van der Waals surface area contributed by atoms with Crippen molar-refractivity contribution in [3.05, 3.63) is 30.1 Å². The molecule has 1 aromatic heterocycles. The van der Waals surface area contributed by atoms with E-state index in [1.165, 1.54) is 24.2 Å². The zero-order valence-corrected chi connectivity index (χ0v) is 9.32. The number of rotatable bonds is 1. The van der Waals surface area contributed by atoms with E-state index in [0.717, 1.165) is 0 Å². The van der Waals surface area contributed by atoms with E-state index < -0.39 is 0 Å². The smallest absolute Gasteiger partial charge is 0.279 e. The number of hydrogen-bond donors (Lipinski definition) is 1. The Morgan fingerprint density at radius 1 is 1.50 bits per heavy atom. The van der Waals surface area contributed by atoms with Gasteiger partial charge in [0, 0.05) is 18.0 Å². The number of aliphatic imine (C=N–C) groups is 1. The minimum Gasteiger partial charge on any atom is -0.304 e. The summed E-state index contributed by atoms with van der Waals surface area (Å²) < 4.78 is 0. The van der Waals surface area contributed by atoms with Gasteiger partial charge in [-0.25, -0.2) is 0 Å². The lowest BCUT2D eigenvalue weighted by atomic mass is 10.3. The Labute approximate surface area is 96.4 Å². The fourth-order valence-electron chi connectivity index (χ4n) is 1.16. The summed E-state index contributed by atoms with van der Waals surface area (Å²) >= 11 is 1.25. The lowest BCUT2D eigenvalue weighted by molar-refractivity contribution is -0.118. The molecule has 0 bridgehead atoms. The molecule has 1 atom stereocenters. The number of nitrogens with one attached hydrogen (secondary N) is 1. The number of carbonyl (C=O) groups excluding carboxylic acids is 2. The third kappa shape index (κ3) is 2.27. The van der Waals surface area contributed by atoms with E-state index >= 15 is 0 Å². The normalized spacial score (nSPS) is 22.2. The highest BCUT2D eigenvalue weighted by Crippen LogP contribution is 2.18. The van der Waals surface area contributed by atoms with Crippen LogP contribution in [-0.2, 0) is 4.79 Å². The Hall–Kier alpha value is -1.69. The molecule has 1 aliphatic heterocycles. The SMILES string of the molecule is C[C@H]1SC(=NC(=O)c2ccncc2)NC1=O. The van der Waals surface area contributed by atoms with E-state index in [1.807, 2.05) is 0 Å². The van der Waals surface area contributed by atoms with Gasteiger partial charge in [-0.2, -0.15) is 4.99 Å². The molecule has 2 amide bonds. The van der Waals surface area contributed by atoms with Crippen LogP contribution in [0.15, 0.2) is 29.5 Å². The molecule has 5 nitrogen and oxygen atoms in total. The van der Waals surface area contributed by atoms with Crippen LogP contribution in [0.4, 0.5) is 0 Å². The molecule has 0 radical (unpaired) electrons. The van der Waals surface area contributed by atoms with Crippen LogP contribution in [0.2, 0.25) is 0 Å². The summed E-state index contributed by atoms with van der Waals surface area (Å²) in [6, 6.07) is 3.16. The fourth-order valence-corrected chi connectivity index (χ4v) is 1.96. The predicted octanol–water partition coefficient (Wildman–Crippen LogP) is 0.829. The summed E-state index contributed by atoms with van der Waals surface area (Å²) in [6.07, 6.45) is 3.05. The first kappa shape index (κ1) is 10.8. The zero-order valence-electron chi connectivity index (χ0n) is 8.51. The number of aromatic nitrogens is 1. The molecule has 1 aromatic rings. The molecular formula is C10H9N3O2S. The Morgan fingerprint density at radius 3 is 2.75 bits per heavy atom. The molecule has 1 N–H and O–H groups in total. The summed E-state index contributed by atoms with van der Waals surface area (Å²) in [6.45, 7) is 1.76. The number of carbonyl (C=O) groups is 2. The Bertz CT molecular complexity index is 458. The minimum atomic E-state index is -0.376. The Kier molecular flexibility index (Phi) is 3.00. The van der Waals surface area contributed by atoms with Crippen molar-refractivity contribution in [2.75, 3.05) is 0 Å². The Morgan fingerprint density at radius 2 is 2.19 bits per heavy atom. The van der Waals surface area contributed by atoms with Gasteiger partial charge >= 0.3 is 0 Å². The summed E-state index contributed by atoms with van der Waals surface area (Å²) in [4.78, 5) is 30.4. The number of thioether (sulfide) groups is 1. The molecule has 1 aliphatic rings. The van der Waals surface area contributed by atoms with Crippen molar-refractivity contribution in [3.63, 3.8) is 0 Å².